The van der Waals surface area contributed by atoms with Gasteiger partial charge in [0.15, 0.2) is 11.9 Å². The maximum atomic E-state index is 14.7. The van der Waals surface area contributed by atoms with Crippen LogP contribution >= 0.6 is 0 Å². The first-order chi connectivity index (χ1) is 21.2. The Bertz CT molecular complexity index is 1710. The number of carboxylic acids is 1. The van der Waals surface area contributed by atoms with E-state index < -0.39 is 30.2 Å². The monoisotopic (exact) mass is 631 g/mol. The Morgan fingerprint density at radius 2 is 1.84 bits per heavy atom. The highest BCUT2D eigenvalue weighted by Crippen LogP contribution is 2.33. The van der Waals surface area contributed by atoms with Crippen molar-refractivity contribution < 1.29 is 42.1 Å². The first-order valence-electron chi connectivity index (χ1n) is 13.8. The van der Waals surface area contributed by atoms with Gasteiger partial charge in [-0.05, 0) is 66.9 Å². The number of aryl methyl sites for hydroxylation is 1. The molecular formula is C31H33F4N5O5. The highest BCUT2D eigenvalue weighted by Gasteiger charge is 2.32. The number of carbonyl (C=O) groups is 2. The molecule has 240 valence electrons. The molecule has 0 radical (unpaired) electrons. The SMILES string of the molecule is CNCc1cc(NC(=O)N(C)C[C@H](C)c2ccc(C(Nc3cc4c(O)[nH]cc4cc3F)C(=O)O)cc2C)ccc1OC(F)(F)F. The standard InChI is InChI=1S/C31H33F4N5O5/c1-16-9-18(27(29(42)43)39-25-12-23-19(11-24(25)32)14-37-28(23)41)5-7-22(16)17(2)15-40(4)30(44)38-21-6-8-26(45-31(33,34)35)20(10-21)13-36-3/h5-12,14,17,27,36-37,39,41H,13,15H2,1-4H3,(H,38,44)(H,42,43)/t17-,27?/m0/s1. The van der Waals surface area contributed by atoms with Crippen LogP contribution in [0.25, 0.3) is 10.8 Å². The molecule has 0 saturated heterocycles. The maximum Gasteiger partial charge on any atom is 0.573 e. The van der Waals surface area contributed by atoms with Crippen molar-refractivity contribution in [2.24, 2.45) is 0 Å². The number of likely N-dealkylation sites (N-methyl/N-ethyl adjacent to an activating group) is 1. The number of H-pyrrole nitrogens is 1. The molecule has 1 aromatic heterocycles. The van der Waals surface area contributed by atoms with E-state index in [1.54, 1.807) is 39.2 Å². The van der Waals surface area contributed by atoms with E-state index in [0.717, 1.165) is 17.2 Å². The minimum absolute atomic E-state index is 0.0796. The average molecular weight is 632 g/mol. The van der Waals surface area contributed by atoms with E-state index in [0.29, 0.717) is 16.3 Å². The van der Waals surface area contributed by atoms with Crippen molar-refractivity contribution in [3.63, 3.8) is 0 Å². The molecule has 4 rings (SSSR count). The maximum absolute atomic E-state index is 14.7. The van der Waals surface area contributed by atoms with E-state index in [1.165, 1.54) is 35.4 Å². The van der Waals surface area contributed by atoms with Gasteiger partial charge in [0.1, 0.15) is 11.6 Å². The number of aromatic amines is 1. The predicted octanol–water partition coefficient (Wildman–Crippen LogP) is 6.44. The quantitative estimate of drug-likeness (QED) is 0.105. The van der Waals surface area contributed by atoms with Gasteiger partial charge in [-0.25, -0.2) is 14.0 Å². The molecule has 0 bridgehead atoms. The number of carbonyl (C=O) groups excluding carboxylic acids is 1. The molecule has 1 heterocycles. The summed E-state index contributed by atoms with van der Waals surface area (Å²) in [4.78, 5) is 29.1. The summed E-state index contributed by atoms with van der Waals surface area (Å²) in [6, 6.07) is 9.63. The molecule has 45 heavy (non-hydrogen) atoms. The summed E-state index contributed by atoms with van der Waals surface area (Å²) in [5, 5.41) is 28.8. The van der Waals surface area contributed by atoms with E-state index in [1.807, 2.05) is 6.92 Å². The summed E-state index contributed by atoms with van der Waals surface area (Å²) in [6.07, 6.45) is -3.42. The van der Waals surface area contributed by atoms with E-state index in [4.69, 9.17) is 0 Å². The average Bonchev–Trinajstić information content (AvgIpc) is 3.30. The van der Waals surface area contributed by atoms with Crippen molar-refractivity contribution in [2.45, 2.75) is 38.7 Å². The van der Waals surface area contributed by atoms with Crippen molar-refractivity contribution in [3.05, 3.63) is 82.8 Å². The molecule has 10 nitrogen and oxygen atoms in total. The summed E-state index contributed by atoms with van der Waals surface area (Å²) in [6.45, 7) is 4.03. The molecule has 14 heteroatoms. The zero-order valence-electron chi connectivity index (χ0n) is 24.8. The molecule has 6 N–H and O–H groups in total. The lowest BCUT2D eigenvalue weighted by Gasteiger charge is -2.24. The number of amides is 2. The largest absolute Gasteiger partial charge is 0.573 e. The molecule has 2 atom stereocenters. The molecule has 0 fully saturated rings. The van der Waals surface area contributed by atoms with Crippen LogP contribution in [0.15, 0.2) is 54.7 Å². The topological polar surface area (TPSA) is 139 Å². The Kier molecular flexibility index (Phi) is 9.76. The van der Waals surface area contributed by atoms with E-state index >= 15 is 0 Å². The van der Waals surface area contributed by atoms with E-state index in [9.17, 15) is 37.4 Å². The minimum Gasteiger partial charge on any atom is -0.494 e. The Balaban J connectivity index is 1.45. The fourth-order valence-corrected chi connectivity index (χ4v) is 5.14. The highest BCUT2D eigenvalue weighted by molar-refractivity contribution is 5.91. The van der Waals surface area contributed by atoms with Gasteiger partial charge in [-0.1, -0.05) is 25.1 Å². The van der Waals surface area contributed by atoms with Gasteiger partial charge in [0.2, 0.25) is 0 Å². The number of hydrogen-bond donors (Lipinski definition) is 6. The molecule has 0 saturated carbocycles. The molecule has 4 aromatic rings. The lowest BCUT2D eigenvalue weighted by Crippen LogP contribution is -2.34. The number of fused-ring (bicyclic) bond motifs is 1. The first kappa shape index (κ1) is 32.9. The fourth-order valence-electron chi connectivity index (χ4n) is 5.14. The molecule has 0 aliphatic carbocycles. The van der Waals surface area contributed by atoms with Crippen LogP contribution in [0, 0.1) is 12.7 Å². The molecule has 0 spiro atoms. The summed E-state index contributed by atoms with van der Waals surface area (Å²) >= 11 is 0. The molecule has 0 aliphatic heterocycles. The summed E-state index contributed by atoms with van der Waals surface area (Å²) in [7, 11) is 3.14. The van der Waals surface area contributed by atoms with Gasteiger partial charge in [-0.2, -0.15) is 0 Å². The Hall–Kier alpha value is -4.98. The third-order valence-electron chi connectivity index (χ3n) is 7.26. The van der Waals surface area contributed by atoms with Crippen molar-refractivity contribution in [3.8, 4) is 11.6 Å². The zero-order valence-corrected chi connectivity index (χ0v) is 24.8. The van der Waals surface area contributed by atoms with Gasteiger partial charge >= 0.3 is 18.4 Å². The van der Waals surface area contributed by atoms with Crippen molar-refractivity contribution in [1.82, 2.24) is 15.2 Å². The number of nitrogens with zero attached hydrogens (tertiary/aromatic N) is 1. The van der Waals surface area contributed by atoms with Gasteiger partial charge in [0.25, 0.3) is 0 Å². The van der Waals surface area contributed by atoms with Gasteiger partial charge in [0.05, 0.1) is 5.69 Å². The number of aromatic hydroxyl groups is 1. The second kappa shape index (κ2) is 13.3. The third-order valence-corrected chi connectivity index (χ3v) is 7.26. The number of aromatic nitrogens is 1. The number of rotatable bonds is 11. The van der Waals surface area contributed by atoms with Crippen molar-refractivity contribution >= 4 is 34.1 Å². The second-order valence-corrected chi connectivity index (χ2v) is 10.7. The van der Waals surface area contributed by atoms with Crippen LogP contribution in [-0.4, -0.2) is 59.1 Å². The molecular weight excluding hydrogens is 598 g/mol. The number of alkyl halides is 3. The Morgan fingerprint density at radius 1 is 1.11 bits per heavy atom. The van der Waals surface area contributed by atoms with Crippen LogP contribution in [0.2, 0.25) is 0 Å². The number of halogens is 4. The number of anilines is 2. The molecule has 3 aromatic carbocycles. The highest BCUT2D eigenvalue weighted by atomic mass is 19.4. The van der Waals surface area contributed by atoms with Gasteiger partial charge in [0, 0.05) is 48.4 Å². The van der Waals surface area contributed by atoms with Crippen LogP contribution in [0.1, 0.15) is 41.1 Å². The van der Waals surface area contributed by atoms with Crippen LogP contribution in [0.4, 0.5) is 33.7 Å². The van der Waals surface area contributed by atoms with E-state index in [-0.39, 0.29) is 47.6 Å². The summed E-state index contributed by atoms with van der Waals surface area (Å²) in [5.41, 5.74) is 2.37. The summed E-state index contributed by atoms with van der Waals surface area (Å²) < 4.78 is 57.0. The number of benzene rings is 3. The lowest BCUT2D eigenvalue weighted by atomic mass is 9.92. The van der Waals surface area contributed by atoms with Crippen LogP contribution in [0.5, 0.6) is 11.6 Å². The van der Waals surface area contributed by atoms with Crippen LogP contribution in [-0.2, 0) is 11.3 Å². The van der Waals surface area contributed by atoms with Gasteiger partial charge < -0.3 is 40.8 Å². The Morgan fingerprint density at radius 3 is 2.49 bits per heavy atom. The molecule has 2 amide bonds. The normalized spacial score (nSPS) is 12.9. The number of hydrogen-bond acceptors (Lipinski definition) is 6. The van der Waals surface area contributed by atoms with E-state index in [2.05, 4.69) is 25.7 Å². The summed E-state index contributed by atoms with van der Waals surface area (Å²) in [5.74, 6) is -2.65. The number of nitrogens with one attached hydrogen (secondary N) is 4. The lowest BCUT2D eigenvalue weighted by molar-refractivity contribution is -0.274. The second-order valence-electron chi connectivity index (χ2n) is 10.7. The zero-order chi connectivity index (χ0) is 33.1. The third kappa shape index (κ3) is 7.95. The fraction of sp³-hybridized carbons (Fsp3) is 0.290. The van der Waals surface area contributed by atoms with Gasteiger partial charge in [-0.3, -0.25) is 0 Å². The number of ether oxygens (including phenoxy) is 1. The van der Waals surface area contributed by atoms with Crippen molar-refractivity contribution in [2.75, 3.05) is 31.3 Å². The minimum atomic E-state index is -4.86. The first-order valence-corrected chi connectivity index (χ1v) is 13.8. The number of carboxylic acid groups (broad SMARTS) is 1. The predicted molar refractivity (Wildman–Crippen MR) is 161 cm³/mol. The van der Waals surface area contributed by atoms with Gasteiger partial charge in [-0.15, -0.1) is 13.2 Å². The smallest absolute Gasteiger partial charge is 0.494 e. The number of aliphatic carboxylic acids is 1. The van der Waals surface area contributed by atoms with Crippen molar-refractivity contribution in [1.29, 1.82) is 0 Å². The number of urea groups is 1. The molecule has 0 aliphatic rings. The van der Waals surface area contributed by atoms with Crippen LogP contribution < -0.4 is 20.7 Å². The molecule has 1 unspecified atom stereocenters. The van der Waals surface area contributed by atoms with Crippen LogP contribution in [0.3, 0.4) is 0 Å². The Labute approximate surface area is 256 Å².